The lowest BCUT2D eigenvalue weighted by atomic mass is 10.2. The first kappa shape index (κ1) is 12.2. The maximum Gasteiger partial charge on any atom is 0.0640 e. The molecule has 0 aliphatic heterocycles. The second-order valence-electron chi connectivity index (χ2n) is 4.07. The second-order valence-corrected chi connectivity index (χ2v) is 4.07. The number of nitrogens with zero attached hydrogens (tertiary/aromatic N) is 2. The Morgan fingerprint density at radius 3 is 2.44 bits per heavy atom. The molecule has 0 aliphatic rings. The van der Waals surface area contributed by atoms with Crippen LogP contribution in [0.25, 0.3) is 0 Å². The molecule has 0 aliphatic carbocycles. The van der Waals surface area contributed by atoms with Crippen LogP contribution in [0.15, 0.2) is 54.6 Å². The summed E-state index contributed by atoms with van der Waals surface area (Å²) in [4.78, 5) is 2.21. The summed E-state index contributed by atoms with van der Waals surface area (Å²) in [5.41, 5.74) is 2.39. The van der Waals surface area contributed by atoms with E-state index in [2.05, 4.69) is 29.2 Å². The SMILES string of the molecule is N#CCCN(Cc1ccccc1)c1cc[c]cc1. The van der Waals surface area contributed by atoms with Gasteiger partial charge in [-0.25, -0.2) is 0 Å². The molecule has 0 aromatic heterocycles. The molecule has 2 rings (SSSR count). The van der Waals surface area contributed by atoms with Crippen LogP contribution in [0.3, 0.4) is 0 Å². The average Bonchev–Trinajstić information content (AvgIpc) is 2.45. The summed E-state index contributed by atoms with van der Waals surface area (Å²) in [7, 11) is 0. The van der Waals surface area contributed by atoms with E-state index in [0.29, 0.717) is 6.42 Å². The number of hydrogen-bond acceptors (Lipinski definition) is 2. The lowest BCUT2D eigenvalue weighted by molar-refractivity contribution is 0.798. The summed E-state index contributed by atoms with van der Waals surface area (Å²) in [6.45, 7) is 1.57. The molecule has 0 saturated carbocycles. The molecule has 2 aromatic carbocycles. The standard InChI is InChI=1S/C16H15N2/c17-12-7-13-18(16-10-5-2-6-11-16)14-15-8-3-1-4-9-15/h1,3-6,8-11H,7,13-14H2. The molecule has 0 heterocycles. The van der Waals surface area contributed by atoms with Gasteiger partial charge in [0.05, 0.1) is 12.5 Å². The first-order valence-corrected chi connectivity index (χ1v) is 6.02. The Kier molecular flexibility index (Phi) is 4.38. The summed E-state index contributed by atoms with van der Waals surface area (Å²) in [6, 6.07) is 23.4. The maximum atomic E-state index is 8.75. The number of anilines is 1. The van der Waals surface area contributed by atoms with Crippen molar-refractivity contribution in [3.05, 3.63) is 66.2 Å². The van der Waals surface area contributed by atoms with Crippen molar-refractivity contribution in [2.75, 3.05) is 11.4 Å². The number of hydrogen-bond donors (Lipinski definition) is 0. The zero-order chi connectivity index (χ0) is 12.6. The van der Waals surface area contributed by atoms with Crippen LogP contribution in [0, 0.1) is 17.4 Å². The highest BCUT2D eigenvalue weighted by molar-refractivity contribution is 5.46. The Bertz CT molecular complexity index is 500. The first-order valence-electron chi connectivity index (χ1n) is 6.02. The monoisotopic (exact) mass is 235 g/mol. The quantitative estimate of drug-likeness (QED) is 0.794. The summed E-state index contributed by atoms with van der Waals surface area (Å²) < 4.78 is 0. The molecule has 0 N–H and O–H groups in total. The molecule has 0 unspecified atom stereocenters. The lowest BCUT2D eigenvalue weighted by Gasteiger charge is -2.23. The molecule has 0 fully saturated rings. The van der Waals surface area contributed by atoms with Crippen LogP contribution in [0.4, 0.5) is 5.69 Å². The van der Waals surface area contributed by atoms with Crippen LogP contribution in [0.5, 0.6) is 0 Å². The van der Waals surface area contributed by atoms with E-state index in [9.17, 15) is 0 Å². The third-order valence-corrected chi connectivity index (χ3v) is 2.78. The minimum absolute atomic E-state index is 0.533. The van der Waals surface area contributed by atoms with Crippen molar-refractivity contribution >= 4 is 5.69 Å². The van der Waals surface area contributed by atoms with Gasteiger partial charge in [-0.3, -0.25) is 0 Å². The zero-order valence-electron chi connectivity index (χ0n) is 10.2. The number of rotatable bonds is 5. The van der Waals surface area contributed by atoms with E-state index in [1.807, 2.05) is 42.5 Å². The molecule has 1 radical (unpaired) electrons. The normalized spacial score (nSPS) is 9.72. The average molecular weight is 235 g/mol. The highest BCUT2D eigenvalue weighted by Gasteiger charge is 2.06. The van der Waals surface area contributed by atoms with E-state index in [0.717, 1.165) is 18.8 Å². The fourth-order valence-corrected chi connectivity index (χ4v) is 1.88. The number of benzene rings is 2. The third kappa shape index (κ3) is 3.36. The maximum absolute atomic E-state index is 8.75. The van der Waals surface area contributed by atoms with Crippen LogP contribution < -0.4 is 4.90 Å². The van der Waals surface area contributed by atoms with Gasteiger partial charge in [-0.2, -0.15) is 5.26 Å². The van der Waals surface area contributed by atoms with Gasteiger partial charge in [0.2, 0.25) is 0 Å². The van der Waals surface area contributed by atoms with Crippen LogP contribution >= 0.6 is 0 Å². The molecule has 2 heteroatoms. The van der Waals surface area contributed by atoms with Gasteiger partial charge < -0.3 is 4.90 Å². The van der Waals surface area contributed by atoms with Crippen LogP contribution in [-0.4, -0.2) is 6.54 Å². The highest BCUT2D eigenvalue weighted by Crippen LogP contribution is 2.16. The van der Waals surface area contributed by atoms with E-state index in [1.54, 1.807) is 0 Å². The molecule has 18 heavy (non-hydrogen) atoms. The van der Waals surface area contributed by atoms with Gasteiger partial charge >= 0.3 is 0 Å². The van der Waals surface area contributed by atoms with E-state index < -0.39 is 0 Å². The van der Waals surface area contributed by atoms with Gasteiger partial charge in [0, 0.05) is 18.8 Å². The first-order chi connectivity index (χ1) is 8.90. The molecule has 0 saturated heterocycles. The van der Waals surface area contributed by atoms with Gasteiger partial charge in [0.15, 0.2) is 0 Å². The third-order valence-electron chi connectivity index (χ3n) is 2.78. The summed E-state index contributed by atoms with van der Waals surface area (Å²) in [5, 5.41) is 8.75. The lowest BCUT2D eigenvalue weighted by Crippen LogP contribution is -2.23. The number of nitriles is 1. The summed E-state index contributed by atoms with van der Waals surface area (Å²) >= 11 is 0. The van der Waals surface area contributed by atoms with Crippen molar-refractivity contribution in [3.8, 4) is 6.07 Å². The van der Waals surface area contributed by atoms with Gasteiger partial charge in [0.25, 0.3) is 0 Å². The Hall–Kier alpha value is -2.27. The molecule has 0 spiro atoms. The van der Waals surface area contributed by atoms with Crippen molar-refractivity contribution in [1.82, 2.24) is 0 Å². The van der Waals surface area contributed by atoms with Gasteiger partial charge in [0.1, 0.15) is 0 Å². The van der Waals surface area contributed by atoms with Gasteiger partial charge in [-0.1, -0.05) is 42.5 Å². The van der Waals surface area contributed by atoms with Crippen molar-refractivity contribution < 1.29 is 0 Å². The van der Waals surface area contributed by atoms with E-state index in [-0.39, 0.29) is 0 Å². The van der Waals surface area contributed by atoms with Gasteiger partial charge in [-0.05, 0) is 23.8 Å². The fourth-order valence-electron chi connectivity index (χ4n) is 1.88. The molecular weight excluding hydrogens is 220 g/mol. The van der Waals surface area contributed by atoms with Crippen LogP contribution in [-0.2, 0) is 6.54 Å². The Labute approximate surface area is 108 Å². The molecule has 0 atom stereocenters. The van der Waals surface area contributed by atoms with Crippen molar-refractivity contribution in [2.24, 2.45) is 0 Å². The minimum atomic E-state index is 0.533. The summed E-state index contributed by atoms with van der Waals surface area (Å²) in [6.07, 6.45) is 0.533. The summed E-state index contributed by atoms with van der Waals surface area (Å²) in [5.74, 6) is 0. The zero-order valence-corrected chi connectivity index (χ0v) is 10.2. The van der Waals surface area contributed by atoms with Crippen molar-refractivity contribution in [1.29, 1.82) is 5.26 Å². The minimum Gasteiger partial charge on any atom is -0.366 e. The Morgan fingerprint density at radius 1 is 1.06 bits per heavy atom. The molecular formula is C16H15N2. The highest BCUT2D eigenvalue weighted by atomic mass is 15.1. The van der Waals surface area contributed by atoms with E-state index >= 15 is 0 Å². The predicted octanol–water partition coefficient (Wildman–Crippen LogP) is 3.41. The fraction of sp³-hybridized carbons (Fsp3) is 0.188. The molecule has 2 nitrogen and oxygen atoms in total. The molecule has 0 amide bonds. The van der Waals surface area contributed by atoms with Crippen molar-refractivity contribution in [2.45, 2.75) is 13.0 Å². The molecule has 0 bridgehead atoms. The smallest absolute Gasteiger partial charge is 0.0640 e. The molecule has 89 valence electrons. The Morgan fingerprint density at radius 2 is 1.78 bits per heavy atom. The second kappa shape index (κ2) is 6.46. The molecule has 2 aromatic rings. The largest absolute Gasteiger partial charge is 0.366 e. The van der Waals surface area contributed by atoms with Gasteiger partial charge in [-0.15, -0.1) is 0 Å². The topological polar surface area (TPSA) is 27.0 Å². The van der Waals surface area contributed by atoms with Crippen molar-refractivity contribution in [3.63, 3.8) is 0 Å². The van der Waals surface area contributed by atoms with Crippen LogP contribution in [0.2, 0.25) is 0 Å². The van der Waals surface area contributed by atoms with Crippen LogP contribution in [0.1, 0.15) is 12.0 Å². The van der Waals surface area contributed by atoms with E-state index in [4.69, 9.17) is 5.26 Å². The van der Waals surface area contributed by atoms with E-state index in [1.165, 1.54) is 5.56 Å². The Balaban J connectivity index is 2.14. The predicted molar refractivity (Wildman–Crippen MR) is 73.0 cm³/mol.